The summed E-state index contributed by atoms with van der Waals surface area (Å²) >= 11 is 0. The van der Waals surface area contributed by atoms with Crippen LogP contribution in [0.3, 0.4) is 0 Å². The molecule has 0 aliphatic rings. The Morgan fingerprint density at radius 2 is 1.61 bits per heavy atom. The molecule has 0 fully saturated rings. The SMILES string of the molecule is CCCCN(C(=O)C(C)NC(=O)OC(C)(C)C)C(C(=O)NCc1ccccc1)c1cc(C)cc(C)c1. The Morgan fingerprint density at radius 1 is 1.00 bits per heavy atom. The molecule has 0 saturated heterocycles. The molecular weight excluding hydrogens is 454 g/mol. The van der Waals surface area contributed by atoms with Crippen LogP contribution in [0.25, 0.3) is 0 Å². The van der Waals surface area contributed by atoms with Gasteiger partial charge in [-0.1, -0.05) is 73.0 Å². The fourth-order valence-corrected chi connectivity index (χ4v) is 4.01. The smallest absolute Gasteiger partial charge is 0.408 e. The molecule has 0 radical (unpaired) electrons. The summed E-state index contributed by atoms with van der Waals surface area (Å²) in [5.74, 6) is -0.605. The molecule has 0 heterocycles. The average molecular weight is 496 g/mol. The van der Waals surface area contributed by atoms with Crippen molar-refractivity contribution >= 4 is 17.9 Å². The molecular formula is C29H41N3O4. The molecule has 0 aromatic heterocycles. The third-order valence-electron chi connectivity index (χ3n) is 5.57. The van der Waals surface area contributed by atoms with Crippen LogP contribution in [0, 0.1) is 13.8 Å². The molecule has 2 rings (SSSR count). The Bertz CT molecular complexity index is 1010. The Balaban J connectivity index is 2.39. The van der Waals surface area contributed by atoms with Crippen molar-refractivity contribution in [3.8, 4) is 0 Å². The van der Waals surface area contributed by atoms with Crippen LogP contribution in [0.1, 0.15) is 75.8 Å². The van der Waals surface area contributed by atoms with Crippen LogP contribution in [0.5, 0.6) is 0 Å². The number of nitrogens with one attached hydrogen (secondary N) is 2. The van der Waals surface area contributed by atoms with Gasteiger partial charge in [-0.05, 0) is 59.1 Å². The number of rotatable bonds is 10. The minimum absolute atomic E-state index is 0.266. The number of alkyl carbamates (subject to hydrolysis) is 1. The zero-order chi connectivity index (χ0) is 26.9. The molecule has 0 saturated carbocycles. The lowest BCUT2D eigenvalue weighted by Crippen LogP contribution is -2.52. The molecule has 2 aromatic carbocycles. The maximum absolute atomic E-state index is 13.7. The number of hydrogen-bond donors (Lipinski definition) is 2. The van der Waals surface area contributed by atoms with Crippen LogP contribution < -0.4 is 10.6 Å². The van der Waals surface area contributed by atoms with Crippen LogP contribution in [0.4, 0.5) is 4.79 Å². The topological polar surface area (TPSA) is 87.7 Å². The van der Waals surface area contributed by atoms with Crippen molar-refractivity contribution < 1.29 is 19.1 Å². The van der Waals surface area contributed by atoms with E-state index >= 15 is 0 Å². The fourth-order valence-electron chi connectivity index (χ4n) is 4.01. The largest absolute Gasteiger partial charge is 0.444 e. The van der Waals surface area contributed by atoms with Gasteiger partial charge in [0.05, 0.1) is 0 Å². The van der Waals surface area contributed by atoms with E-state index in [1.54, 1.807) is 32.6 Å². The summed E-state index contributed by atoms with van der Waals surface area (Å²) in [6.07, 6.45) is 0.899. The first-order chi connectivity index (χ1) is 16.9. The van der Waals surface area contributed by atoms with E-state index in [9.17, 15) is 14.4 Å². The highest BCUT2D eigenvalue weighted by atomic mass is 16.6. The number of carbonyl (C=O) groups excluding carboxylic acids is 3. The number of amides is 3. The van der Waals surface area contributed by atoms with E-state index in [-0.39, 0.29) is 11.8 Å². The lowest BCUT2D eigenvalue weighted by Gasteiger charge is -2.34. The van der Waals surface area contributed by atoms with E-state index in [0.29, 0.717) is 13.1 Å². The van der Waals surface area contributed by atoms with Crippen LogP contribution in [0.15, 0.2) is 48.5 Å². The molecule has 2 unspecified atom stereocenters. The molecule has 0 spiro atoms. The van der Waals surface area contributed by atoms with Crippen molar-refractivity contribution in [2.75, 3.05) is 6.54 Å². The highest BCUT2D eigenvalue weighted by Crippen LogP contribution is 2.25. The van der Waals surface area contributed by atoms with Gasteiger partial charge in [0.1, 0.15) is 17.7 Å². The molecule has 7 nitrogen and oxygen atoms in total. The number of ether oxygens (including phenoxy) is 1. The van der Waals surface area contributed by atoms with Crippen LogP contribution in [-0.2, 0) is 20.9 Å². The van der Waals surface area contributed by atoms with Crippen molar-refractivity contribution in [1.29, 1.82) is 0 Å². The van der Waals surface area contributed by atoms with Crippen molar-refractivity contribution in [3.63, 3.8) is 0 Å². The number of unbranched alkanes of at least 4 members (excludes halogenated alkanes) is 1. The molecule has 2 N–H and O–H groups in total. The second-order valence-corrected chi connectivity index (χ2v) is 10.3. The number of benzene rings is 2. The van der Waals surface area contributed by atoms with Gasteiger partial charge in [-0.3, -0.25) is 9.59 Å². The molecule has 2 atom stereocenters. The van der Waals surface area contributed by atoms with E-state index in [1.165, 1.54) is 0 Å². The minimum Gasteiger partial charge on any atom is -0.444 e. The summed E-state index contributed by atoms with van der Waals surface area (Å²) in [7, 11) is 0. The number of aryl methyl sites for hydroxylation is 2. The van der Waals surface area contributed by atoms with E-state index < -0.39 is 23.8 Å². The van der Waals surface area contributed by atoms with Gasteiger partial charge in [-0.25, -0.2) is 4.79 Å². The lowest BCUT2D eigenvalue weighted by atomic mass is 9.98. The van der Waals surface area contributed by atoms with E-state index in [0.717, 1.165) is 35.1 Å². The molecule has 0 aliphatic heterocycles. The van der Waals surface area contributed by atoms with Crippen molar-refractivity contribution in [2.24, 2.45) is 0 Å². The van der Waals surface area contributed by atoms with Crippen LogP contribution in [-0.4, -0.2) is 41.0 Å². The monoisotopic (exact) mass is 495 g/mol. The summed E-state index contributed by atoms with van der Waals surface area (Å²) in [6, 6.07) is 13.9. The maximum Gasteiger partial charge on any atom is 0.408 e. The van der Waals surface area contributed by atoms with E-state index in [4.69, 9.17) is 4.74 Å². The van der Waals surface area contributed by atoms with E-state index in [1.807, 2.05) is 69.3 Å². The van der Waals surface area contributed by atoms with Crippen molar-refractivity contribution in [2.45, 2.75) is 85.5 Å². The van der Waals surface area contributed by atoms with Gasteiger partial charge in [0.15, 0.2) is 0 Å². The predicted octanol–water partition coefficient (Wildman–Crippen LogP) is 5.20. The van der Waals surface area contributed by atoms with Gasteiger partial charge in [-0.15, -0.1) is 0 Å². The zero-order valence-corrected chi connectivity index (χ0v) is 22.7. The van der Waals surface area contributed by atoms with Gasteiger partial charge in [0, 0.05) is 13.1 Å². The van der Waals surface area contributed by atoms with Crippen molar-refractivity contribution in [1.82, 2.24) is 15.5 Å². The Morgan fingerprint density at radius 3 is 2.17 bits per heavy atom. The molecule has 2 aromatic rings. The first-order valence-corrected chi connectivity index (χ1v) is 12.6. The van der Waals surface area contributed by atoms with Gasteiger partial charge in [-0.2, -0.15) is 0 Å². The first-order valence-electron chi connectivity index (χ1n) is 12.6. The molecule has 0 aliphatic carbocycles. The van der Waals surface area contributed by atoms with Gasteiger partial charge < -0.3 is 20.3 Å². The third kappa shape index (κ3) is 9.02. The molecule has 36 heavy (non-hydrogen) atoms. The second kappa shape index (κ2) is 13.1. The van der Waals surface area contributed by atoms with Crippen molar-refractivity contribution in [3.05, 3.63) is 70.8 Å². The van der Waals surface area contributed by atoms with E-state index in [2.05, 4.69) is 10.6 Å². The Labute approximate surface area is 215 Å². The molecule has 196 valence electrons. The summed E-state index contributed by atoms with van der Waals surface area (Å²) in [5, 5.41) is 5.65. The fraction of sp³-hybridized carbons (Fsp3) is 0.483. The minimum atomic E-state index is -0.868. The molecule has 0 bridgehead atoms. The standard InChI is InChI=1S/C29H41N3O4/c1-8-9-15-32(27(34)22(4)31-28(35)36-29(5,6)7)25(24-17-20(2)16-21(3)18-24)26(33)30-19-23-13-11-10-12-14-23/h10-14,16-18,22,25H,8-9,15,19H2,1-7H3,(H,30,33)(H,31,35). The first kappa shape index (κ1) is 28.9. The quantitative estimate of drug-likeness (QED) is 0.474. The highest BCUT2D eigenvalue weighted by Gasteiger charge is 2.34. The van der Waals surface area contributed by atoms with Crippen LogP contribution >= 0.6 is 0 Å². The average Bonchev–Trinajstić information content (AvgIpc) is 2.78. The van der Waals surface area contributed by atoms with Crippen LogP contribution in [0.2, 0.25) is 0 Å². The molecule has 7 heteroatoms. The summed E-state index contributed by atoms with van der Waals surface area (Å²) < 4.78 is 5.33. The van der Waals surface area contributed by atoms with Gasteiger partial charge in [0.25, 0.3) is 0 Å². The lowest BCUT2D eigenvalue weighted by molar-refractivity contribution is -0.142. The predicted molar refractivity (Wildman–Crippen MR) is 142 cm³/mol. The number of carbonyl (C=O) groups is 3. The Kier molecular flexibility index (Phi) is 10.5. The van der Waals surface area contributed by atoms with Gasteiger partial charge in [0.2, 0.25) is 11.8 Å². The normalized spacial score (nSPS) is 12.9. The summed E-state index contributed by atoms with van der Waals surface area (Å²) in [6.45, 7) is 13.6. The Hall–Kier alpha value is -3.35. The third-order valence-corrected chi connectivity index (χ3v) is 5.57. The maximum atomic E-state index is 13.7. The number of hydrogen-bond acceptors (Lipinski definition) is 4. The summed E-state index contributed by atoms with van der Waals surface area (Å²) in [4.78, 5) is 41.3. The number of nitrogens with zero attached hydrogens (tertiary/aromatic N) is 1. The second-order valence-electron chi connectivity index (χ2n) is 10.3. The zero-order valence-electron chi connectivity index (χ0n) is 22.7. The summed E-state index contributed by atoms with van der Waals surface area (Å²) in [5.41, 5.74) is 3.04. The van der Waals surface area contributed by atoms with Gasteiger partial charge >= 0.3 is 6.09 Å². The highest BCUT2D eigenvalue weighted by molar-refractivity contribution is 5.92. The molecule has 3 amide bonds.